The molecule has 4 unspecified atom stereocenters. The van der Waals surface area contributed by atoms with E-state index in [9.17, 15) is 5.11 Å². The molecule has 1 N–H and O–H groups in total. The second kappa shape index (κ2) is 6.93. The molecule has 1 saturated carbocycles. The van der Waals surface area contributed by atoms with Crippen molar-refractivity contribution in [1.82, 2.24) is 0 Å². The predicted octanol–water partition coefficient (Wildman–Crippen LogP) is 4.41. The van der Waals surface area contributed by atoms with E-state index in [1.807, 2.05) is 6.07 Å². The highest BCUT2D eigenvalue weighted by Crippen LogP contribution is 2.35. The van der Waals surface area contributed by atoms with E-state index in [1.54, 1.807) is 0 Å². The molecule has 0 radical (unpaired) electrons. The third-order valence-electron chi connectivity index (χ3n) is 5.34. The van der Waals surface area contributed by atoms with E-state index in [1.165, 1.54) is 37.7 Å². The number of benzene rings is 1. The molecule has 1 aromatic rings. The van der Waals surface area contributed by atoms with Crippen molar-refractivity contribution in [3.8, 4) is 0 Å². The Morgan fingerprint density at radius 1 is 1.14 bits per heavy atom. The van der Waals surface area contributed by atoms with Gasteiger partial charge in [-0.2, -0.15) is 0 Å². The highest BCUT2D eigenvalue weighted by molar-refractivity contribution is 5.31. The lowest BCUT2D eigenvalue weighted by Gasteiger charge is -2.33. The van der Waals surface area contributed by atoms with Crippen LogP contribution >= 0.6 is 0 Å². The van der Waals surface area contributed by atoms with Gasteiger partial charge in [0, 0.05) is 0 Å². The summed E-state index contributed by atoms with van der Waals surface area (Å²) >= 11 is 0. The average Bonchev–Trinajstić information content (AvgIpc) is 2.68. The molecule has 21 heavy (non-hydrogen) atoms. The van der Waals surface area contributed by atoms with Crippen molar-refractivity contribution in [1.29, 1.82) is 0 Å². The van der Waals surface area contributed by atoms with Crippen molar-refractivity contribution in [2.45, 2.75) is 76.6 Å². The molecule has 0 aromatic heterocycles. The monoisotopic (exact) mass is 288 g/mol. The molecule has 2 heteroatoms. The molecule has 0 amide bonds. The van der Waals surface area contributed by atoms with Gasteiger partial charge < -0.3 is 9.84 Å². The van der Waals surface area contributed by atoms with Gasteiger partial charge in [0.2, 0.25) is 0 Å². The Labute approximate surface area is 128 Å². The number of aliphatic hydroxyl groups excluding tert-OH is 1. The van der Waals surface area contributed by atoms with E-state index in [0.29, 0.717) is 6.10 Å². The number of hydrogen-bond donors (Lipinski definition) is 1. The van der Waals surface area contributed by atoms with Crippen LogP contribution in [0.2, 0.25) is 0 Å². The minimum absolute atomic E-state index is 0.0192. The summed E-state index contributed by atoms with van der Waals surface area (Å²) in [5.74, 6) is 0.818. The molecule has 2 aliphatic carbocycles. The van der Waals surface area contributed by atoms with Crippen LogP contribution in [-0.4, -0.2) is 17.3 Å². The maximum Gasteiger partial charge on any atom is 0.105 e. The van der Waals surface area contributed by atoms with Crippen LogP contribution in [0.5, 0.6) is 0 Å². The Morgan fingerprint density at radius 2 is 2.00 bits per heavy atom. The Morgan fingerprint density at radius 3 is 2.86 bits per heavy atom. The van der Waals surface area contributed by atoms with Gasteiger partial charge >= 0.3 is 0 Å². The van der Waals surface area contributed by atoms with Crippen LogP contribution in [-0.2, 0) is 11.2 Å². The van der Waals surface area contributed by atoms with Gasteiger partial charge in [-0.3, -0.25) is 0 Å². The summed E-state index contributed by atoms with van der Waals surface area (Å²) in [5.41, 5.74) is 2.38. The molecule has 0 saturated heterocycles. The minimum atomic E-state index is -0.453. The highest BCUT2D eigenvalue weighted by Gasteiger charge is 2.30. The van der Waals surface area contributed by atoms with Crippen LogP contribution < -0.4 is 0 Å². The van der Waals surface area contributed by atoms with Crippen molar-refractivity contribution in [3.05, 3.63) is 35.4 Å². The van der Waals surface area contributed by atoms with Crippen LogP contribution in [0, 0.1) is 5.92 Å². The summed E-state index contributed by atoms with van der Waals surface area (Å²) in [7, 11) is 0. The van der Waals surface area contributed by atoms with Gasteiger partial charge in [-0.05, 0) is 49.1 Å². The number of aliphatic hydroxyl groups is 1. The standard InChI is InChI=1S/C19H28O2/c1-2-14-7-5-10-16(13-14)21-18-12-6-9-15-8-3-4-11-17(15)19(18)20/h3-4,8,11,14,16,18-20H,2,5-7,9-10,12-13H2,1H3. The zero-order valence-electron chi connectivity index (χ0n) is 13.1. The largest absolute Gasteiger partial charge is 0.386 e. The summed E-state index contributed by atoms with van der Waals surface area (Å²) in [6.07, 6.45) is 9.28. The molecule has 3 rings (SSSR count). The molecule has 116 valence electrons. The zero-order chi connectivity index (χ0) is 14.7. The number of fused-ring (bicyclic) bond motifs is 1. The first-order valence-corrected chi connectivity index (χ1v) is 8.69. The first kappa shape index (κ1) is 15.1. The summed E-state index contributed by atoms with van der Waals surface area (Å²) in [5, 5.41) is 10.7. The number of ether oxygens (including phenoxy) is 1. The van der Waals surface area contributed by atoms with Gasteiger partial charge in [0.15, 0.2) is 0 Å². The summed E-state index contributed by atoms with van der Waals surface area (Å²) < 4.78 is 6.36. The van der Waals surface area contributed by atoms with Crippen molar-refractivity contribution in [2.75, 3.05) is 0 Å². The molecule has 1 aromatic carbocycles. The lowest BCUT2D eigenvalue weighted by Crippen LogP contribution is -2.31. The van der Waals surface area contributed by atoms with E-state index in [2.05, 4.69) is 25.1 Å². The third-order valence-corrected chi connectivity index (χ3v) is 5.34. The topological polar surface area (TPSA) is 29.5 Å². The molecule has 0 spiro atoms. The van der Waals surface area contributed by atoms with Crippen molar-refractivity contribution >= 4 is 0 Å². The fraction of sp³-hybridized carbons (Fsp3) is 0.684. The van der Waals surface area contributed by atoms with Gasteiger partial charge in [-0.25, -0.2) is 0 Å². The molecule has 2 nitrogen and oxygen atoms in total. The summed E-state index contributed by atoms with van der Waals surface area (Å²) in [4.78, 5) is 0. The minimum Gasteiger partial charge on any atom is -0.386 e. The third kappa shape index (κ3) is 3.49. The van der Waals surface area contributed by atoms with Gasteiger partial charge in [-0.1, -0.05) is 50.5 Å². The second-order valence-corrected chi connectivity index (χ2v) is 6.77. The Bertz CT molecular complexity index is 457. The van der Waals surface area contributed by atoms with Crippen molar-refractivity contribution in [2.24, 2.45) is 5.92 Å². The maximum atomic E-state index is 10.7. The van der Waals surface area contributed by atoms with Crippen LogP contribution in [0.15, 0.2) is 24.3 Å². The second-order valence-electron chi connectivity index (χ2n) is 6.77. The molecule has 4 atom stereocenters. The number of aryl methyl sites for hydroxylation is 1. The fourth-order valence-corrected chi connectivity index (χ4v) is 4.03. The lowest BCUT2D eigenvalue weighted by atomic mass is 9.85. The van der Waals surface area contributed by atoms with E-state index < -0.39 is 6.10 Å². The maximum absolute atomic E-state index is 10.7. The van der Waals surface area contributed by atoms with E-state index >= 15 is 0 Å². The van der Waals surface area contributed by atoms with Gasteiger partial charge in [0.1, 0.15) is 6.10 Å². The van der Waals surface area contributed by atoms with Crippen LogP contribution in [0.1, 0.15) is 69.1 Å². The molecular weight excluding hydrogens is 260 g/mol. The number of rotatable bonds is 3. The molecule has 0 heterocycles. The summed E-state index contributed by atoms with van der Waals surface area (Å²) in [6.45, 7) is 2.28. The van der Waals surface area contributed by atoms with E-state index in [-0.39, 0.29) is 6.10 Å². The smallest absolute Gasteiger partial charge is 0.105 e. The summed E-state index contributed by atoms with van der Waals surface area (Å²) in [6, 6.07) is 8.31. The molecule has 2 aliphatic rings. The molecular formula is C19H28O2. The Kier molecular flexibility index (Phi) is 4.97. The number of hydrogen-bond acceptors (Lipinski definition) is 2. The normalized spacial score (nSPS) is 33.2. The van der Waals surface area contributed by atoms with Crippen molar-refractivity contribution in [3.63, 3.8) is 0 Å². The zero-order valence-corrected chi connectivity index (χ0v) is 13.1. The van der Waals surface area contributed by atoms with Crippen molar-refractivity contribution < 1.29 is 9.84 Å². The van der Waals surface area contributed by atoms with E-state index in [4.69, 9.17) is 4.74 Å². The quantitative estimate of drug-likeness (QED) is 0.835. The van der Waals surface area contributed by atoms with Crippen LogP contribution in [0.3, 0.4) is 0 Å². The first-order valence-electron chi connectivity index (χ1n) is 8.69. The van der Waals surface area contributed by atoms with Crippen LogP contribution in [0.4, 0.5) is 0 Å². The Balaban J connectivity index is 1.68. The van der Waals surface area contributed by atoms with Gasteiger partial charge in [0.25, 0.3) is 0 Å². The first-order chi connectivity index (χ1) is 10.3. The lowest BCUT2D eigenvalue weighted by molar-refractivity contribution is -0.0970. The SMILES string of the molecule is CCC1CCCC(OC2CCCc3ccccc3C2O)C1. The van der Waals surface area contributed by atoms with Crippen LogP contribution in [0.25, 0.3) is 0 Å². The molecule has 1 fully saturated rings. The Hall–Kier alpha value is -0.860. The van der Waals surface area contributed by atoms with Gasteiger partial charge in [0.05, 0.1) is 12.2 Å². The fourth-order valence-electron chi connectivity index (χ4n) is 4.03. The predicted molar refractivity (Wildman–Crippen MR) is 85.2 cm³/mol. The highest BCUT2D eigenvalue weighted by atomic mass is 16.5. The average molecular weight is 288 g/mol. The molecule has 0 aliphatic heterocycles. The van der Waals surface area contributed by atoms with E-state index in [0.717, 1.165) is 30.7 Å². The van der Waals surface area contributed by atoms with Gasteiger partial charge in [-0.15, -0.1) is 0 Å². The molecule has 0 bridgehead atoms.